The highest BCUT2D eigenvalue weighted by Crippen LogP contribution is 2.41. The Kier molecular flexibility index (Phi) is 12.5. The van der Waals surface area contributed by atoms with E-state index in [1.54, 1.807) is 14.2 Å². The van der Waals surface area contributed by atoms with E-state index in [9.17, 15) is 14.7 Å². The van der Waals surface area contributed by atoms with Crippen molar-refractivity contribution in [3.8, 4) is 33.8 Å². The van der Waals surface area contributed by atoms with Gasteiger partial charge < -0.3 is 30.1 Å². The number of rotatable bonds is 15. The lowest BCUT2D eigenvalue weighted by Crippen LogP contribution is -2.35. The number of aliphatic carboxylic acids is 1. The maximum Gasteiger partial charge on any atom is 0.306 e. The van der Waals surface area contributed by atoms with Crippen LogP contribution in [0.2, 0.25) is 10.0 Å². The van der Waals surface area contributed by atoms with Gasteiger partial charge in [-0.15, -0.1) is 0 Å². The molecule has 12 heteroatoms. The maximum atomic E-state index is 11.6. The molecule has 0 bridgehead atoms. The quantitative estimate of drug-likeness (QED) is 0.0967. The molecule has 294 valence electrons. The number of nitrogens with zero attached hydrogens (tertiary/aromatic N) is 3. The predicted octanol–water partition coefficient (Wildman–Crippen LogP) is 8.43. The van der Waals surface area contributed by atoms with E-state index in [1.165, 1.54) is 0 Å². The van der Waals surface area contributed by atoms with Crippen LogP contribution in [0.5, 0.6) is 11.5 Å². The summed E-state index contributed by atoms with van der Waals surface area (Å²) in [6.45, 7) is 3.35. The number of fused-ring (bicyclic) bond motifs is 1. The minimum absolute atomic E-state index is 0.113. The Morgan fingerprint density at radius 1 is 0.929 bits per heavy atom. The number of aromatic nitrogens is 2. The van der Waals surface area contributed by atoms with E-state index in [-0.39, 0.29) is 17.9 Å². The zero-order valence-electron chi connectivity index (χ0n) is 32.1. The molecular formula is C44H49Cl2N5O5. The number of halogens is 2. The third kappa shape index (κ3) is 8.84. The number of carboxylic acid groups (broad SMARTS) is 1. The molecular weight excluding hydrogens is 749 g/mol. The van der Waals surface area contributed by atoms with E-state index in [0.29, 0.717) is 48.6 Å². The molecule has 4 aromatic carbocycles. The lowest BCUT2D eigenvalue weighted by Gasteiger charge is -2.30. The van der Waals surface area contributed by atoms with Gasteiger partial charge in [0.15, 0.2) is 0 Å². The van der Waals surface area contributed by atoms with Crippen molar-refractivity contribution in [2.24, 2.45) is 11.8 Å². The molecule has 10 nitrogen and oxygen atoms in total. The van der Waals surface area contributed by atoms with Crippen LogP contribution >= 0.6 is 23.2 Å². The highest BCUT2D eigenvalue weighted by atomic mass is 35.5. The average Bonchev–Trinajstić information content (AvgIpc) is 3.81. The third-order valence-corrected chi connectivity index (χ3v) is 12.1. The lowest BCUT2D eigenvalue weighted by molar-refractivity contribution is -0.143. The largest absolute Gasteiger partial charge is 0.496 e. The van der Waals surface area contributed by atoms with Crippen LogP contribution in [0.4, 0.5) is 0 Å². The zero-order valence-corrected chi connectivity index (χ0v) is 33.6. The van der Waals surface area contributed by atoms with Crippen LogP contribution in [0.1, 0.15) is 55.2 Å². The van der Waals surface area contributed by atoms with E-state index in [2.05, 4.69) is 46.8 Å². The normalized spacial score (nSPS) is 18.4. The highest BCUT2D eigenvalue weighted by molar-refractivity contribution is 6.36. The van der Waals surface area contributed by atoms with Crippen LogP contribution in [0, 0.1) is 11.8 Å². The summed E-state index contributed by atoms with van der Waals surface area (Å²) < 4.78 is 13.6. The molecule has 2 aliphatic rings. The number of hydrogen-bond acceptors (Lipinski definition) is 7. The molecule has 1 amide bonds. The van der Waals surface area contributed by atoms with Crippen molar-refractivity contribution in [3.63, 3.8) is 0 Å². The second kappa shape index (κ2) is 17.7. The molecule has 1 aliphatic carbocycles. The number of carbonyl (C=O) groups is 2. The fraction of sp³-hybridized carbons (Fsp3) is 0.386. The summed E-state index contributed by atoms with van der Waals surface area (Å²) in [5, 5.41) is 22.9. The predicted molar refractivity (Wildman–Crippen MR) is 222 cm³/mol. The van der Waals surface area contributed by atoms with Crippen LogP contribution in [0.15, 0.2) is 72.9 Å². The van der Waals surface area contributed by atoms with E-state index < -0.39 is 5.97 Å². The molecule has 56 heavy (non-hydrogen) atoms. The third-order valence-electron chi connectivity index (χ3n) is 11.3. The summed E-state index contributed by atoms with van der Waals surface area (Å²) in [5.41, 5.74) is 7.61. The van der Waals surface area contributed by atoms with Gasteiger partial charge in [-0.25, -0.2) is 0 Å². The number of nitrogens with one attached hydrogen (secondary N) is 2. The number of carboxylic acids is 1. The second-order valence-corrected chi connectivity index (χ2v) is 16.0. The van der Waals surface area contributed by atoms with Crippen molar-refractivity contribution in [1.29, 1.82) is 0 Å². The molecule has 1 aliphatic heterocycles. The van der Waals surface area contributed by atoms with Gasteiger partial charge in [-0.05, 0) is 86.0 Å². The molecule has 2 fully saturated rings. The number of hydrogen-bond donors (Lipinski definition) is 3. The first-order valence-corrected chi connectivity index (χ1v) is 20.0. The fourth-order valence-corrected chi connectivity index (χ4v) is 8.90. The summed E-state index contributed by atoms with van der Waals surface area (Å²) in [7, 11) is 5.44. The SMILES string of the molecule is COc1cc(-c2cccc(-c3cccc4c3cnn4Cc3cc(OC)c(CN(C)CC4CCC(C(=O)O)CC4)cc3Cl)c2Cl)ccc1CNC[C@@H]1CCC(=O)N1. The Bertz CT molecular complexity index is 2220. The molecule has 5 aromatic rings. The Hall–Kier alpha value is -4.61. The summed E-state index contributed by atoms with van der Waals surface area (Å²) >= 11 is 14.2. The molecule has 3 N–H and O–H groups in total. The first-order chi connectivity index (χ1) is 27.1. The molecule has 0 radical (unpaired) electrons. The molecule has 0 spiro atoms. The maximum absolute atomic E-state index is 11.6. The summed E-state index contributed by atoms with van der Waals surface area (Å²) in [6.07, 6.45) is 6.67. The number of amides is 1. The van der Waals surface area contributed by atoms with Crippen LogP contribution in [-0.2, 0) is 29.2 Å². The summed E-state index contributed by atoms with van der Waals surface area (Å²) in [6, 6.07) is 22.5. The van der Waals surface area contributed by atoms with Gasteiger partial charge >= 0.3 is 5.97 Å². The molecule has 1 aromatic heterocycles. The molecule has 2 heterocycles. The van der Waals surface area contributed by atoms with Crippen molar-refractivity contribution in [2.45, 2.75) is 64.2 Å². The Labute approximate surface area is 338 Å². The van der Waals surface area contributed by atoms with Gasteiger partial charge in [0, 0.05) is 71.3 Å². The fourth-order valence-electron chi connectivity index (χ4n) is 8.32. The van der Waals surface area contributed by atoms with Crippen molar-refractivity contribution < 1.29 is 24.2 Å². The monoisotopic (exact) mass is 797 g/mol. The number of ether oxygens (including phenoxy) is 2. The van der Waals surface area contributed by atoms with Gasteiger partial charge in [0.1, 0.15) is 11.5 Å². The lowest BCUT2D eigenvalue weighted by atomic mass is 9.82. The zero-order chi connectivity index (χ0) is 39.3. The van der Waals surface area contributed by atoms with Gasteiger partial charge in [-0.2, -0.15) is 5.10 Å². The topological polar surface area (TPSA) is 118 Å². The van der Waals surface area contributed by atoms with Gasteiger partial charge in [-0.3, -0.25) is 14.3 Å². The van der Waals surface area contributed by atoms with E-state index in [4.69, 9.17) is 37.8 Å². The van der Waals surface area contributed by atoms with Gasteiger partial charge in [0.2, 0.25) is 5.91 Å². The minimum Gasteiger partial charge on any atom is -0.496 e. The second-order valence-electron chi connectivity index (χ2n) is 15.2. The van der Waals surface area contributed by atoms with E-state index in [1.807, 2.05) is 53.3 Å². The smallest absolute Gasteiger partial charge is 0.306 e. The number of benzene rings is 4. The van der Waals surface area contributed by atoms with Crippen LogP contribution in [0.25, 0.3) is 33.2 Å². The van der Waals surface area contributed by atoms with Crippen molar-refractivity contribution in [1.82, 2.24) is 25.3 Å². The number of methoxy groups -OCH3 is 2. The van der Waals surface area contributed by atoms with Gasteiger partial charge in [0.25, 0.3) is 0 Å². The summed E-state index contributed by atoms with van der Waals surface area (Å²) in [5.74, 6) is 1.25. The Morgan fingerprint density at radius 2 is 1.66 bits per heavy atom. The van der Waals surface area contributed by atoms with Crippen LogP contribution < -0.4 is 20.1 Å². The summed E-state index contributed by atoms with van der Waals surface area (Å²) in [4.78, 5) is 25.2. The molecule has 1 atom stereocenters. The average molecular weight is 799 g/mol. The van der Waals surface area contributed by atoms with Crippen LogP contribution in [0.3, 0.4) is 0 Å². The van der Waals surface area contributed by atoms with Gasteiger partial charge in [-0.1, -0.05) is 65.7 Å². The van der Waals surface area contributed by atoms with E-state index >= 15 is 0 Å². The molecule has 1 saturated carbocycles. The Morgan fingerprint density at radius 3 is 2.39 bits per heavy atom. The minimum atomic E-state index is -0.673. The van der Waals surface area contributed by atoms with Gasteiger partial charge in [0.05, 0.1) is 43.4 Å². The molecule has 1 saturated heterocycles. The Balaban J connectivity index is 1.07. The highest BCUT2D eigenvalue weighted by Gasteiger charge is 2.27. The van der Waals surface area contributed by atoms with Crippen molar-refractivity contribution in [3.05, 3.63) is 99.7 Å². The van der Waals surface area contributed by atoms with Crippen LogP contribution in [-0.4, -0.2) is 72.1 Å². The van der Waals surface area contributed by atoms with Crippen molar-refractivity contribution >= 4 is 46.0 Å². The first-order valence-electron chi connectivity index (χ1n) is 19.3. The molecule has 0 unspecified atom stereocenters. The van der Waals surface area contributed by atoms with E-state index in [0.717, 1.165) is 100.0 Å². The standard InChI is InChI=1S/C44H49Cl2N5O5/c1-50(24-27-10-12-28(13-11-27)44(53)54)25-32-18-38(45)31(20-41(32)56-3)26-51-39-9-5-7-35(37(39)23-48-51)36-8-4-6-34(43(36)46)29-14-15-30(40(19-29)55-2)21-47-22-33-16-17-42(52)49-33/h4-9,14-15,18-20,23,27-28,33,47H,10-13,16-17,21-22,24-26H2,1-3H3,(H,49,52)(H,53,54)/t27?,28?,33-/m0/s1. The van der Waals surface area contributed by atoms with Crippen molar-refractivity contribution in [2.75, 3.05) is 34.4 Å². The number of carbonyl (C=O) groups excluding carboxylic acids is 1. The first kappa shape index (κ1) is 39.6. The molecule has 7 rings (SSSR count).